The lowest BCUT2D eigenvalue weighted by Gasteiger charge is -2.11. The molecular weight excluding hydrogens is 334 g/mol. The third-order valence-corrected chi connectivity index (χ3v) is 3.52. The minimum absolute atomic E-state index is 0.118. The molecule has 0 spiro atoms. The van der Waals surface area contributed by atoms with E-state index >= 15 is 0 Å². The Hall–Kier alpha value is -2.60. The molecule has 0 unspecified atom stereocenters. The first-order valence-electron chi connectivity index (χ1n) is 8.12. The van der Waals surface area contributed by atoms with Gasteiger partial charge >= 0.3 is 0 Å². The van der Waals surface area contributed by atoms with Crippen molar-refractivity contribution in [2.75, 3.05) is 13.2 Å². The summed E-state index contributed by atoms with van der Waals surface area (Å²) in [4.78, 5) is 0. The maximum absolute atomic E-state index is 5.80. The number of aryl methyl sites for hydroxylation is 2. The van der Waals surface area contributed by atoms with E-state index in [4.69, 9.17) is 27.4 Å². The van der Waals surface area contributed by atoms with Crippen molar-refractivity contribution >= 4 is 23.5 Å². The molecule has 0 radical (unpaired) electrons. The predicted octanol–water partition coefficient (Wildman–Crippen LogP) is 3.18. The summed E-state index contributed by atoms with van der Waals surface area (Å²) < 4.78 is 11.6. The number of thiocarbonyl (C=S) groups is 1. The summed E-state index contributed by atoms with van der Waals surface area (Å²) in [6.07, 6.45) is 2.60. The van der Waals surface area contributed by atoms with Crippen molar-refractivity contribution in [3.8, 4) is 11.5 Å². The Morgan fingerprint density at radius 3 is 2.72 bits per heavy atom. The van der Waals surface area contributed by atoms with Crippen molar-refractivity contribution in [1.29, 1.82) is 0 Å². The van der Waals surface area contributed by atoms with Crippen LogP contribution < -0.4 is 20.6 Å². The largest absolute Gasteiger partial charge is 0.490 e. The summed E-state index contributed by atoms with van der Waals surface area (Å²) in [5.41, 5.74) is 11.2. The Bertz CT molecular complexity index is 747. The van der Waals surface area contributed by atoms with Crippen LogP contribution in [-0.4, -0.2) is 24.5 Å². The average molecular weight is 357 g/mol. The van der Waals surface area contributed by atoms with Gasteiger partial charge in [-0.1, -0.05) is 25.1 Å². The molecule has 2 rings (SSSR count). The normalized spacial score (nSPS) is 10.6. The number of rotatable bonds is 8. The number of nitrogens with two attached hydrogens (primary N) is 1. The van der Waals surface area contributed by atoms with Crippen molar-refractivity contribution in [1.82, 2.24) is 5.43 Å². The molecule has 2 aromatic rings. The molecule has 0 aliphatic carbocycles. The van der Waals surface area contributed by atoms with Gasteiger partial charge in [0.15, 0.2) is 5.11 Å². The van der Waals surface area contributed by atoms with E-state index in [0.29, 0.717) is 13.2 Å². The van der Waals surface area contributed by atoms with E-state index in [1.54, 1.807) is 6.21 Å². The molecule has 0 fully saturated rings. The second-order valence-electron chi connectivity index (χ2n) is 5.48. The van der Waals surface area contributed by atoms with Crippen molar-refractivity contribution < 1.29 is 9.47 Å². The van der Waals surface area contributed by atoms with Gasteiger partial charge in [-0.15, -0.1) is 0 Å². The van der Waals surface area contributed by atoms with Crippen LogP contribution in [0.3, 0.4) is 0 Å². The van der Waals surface area contributed by atoms with Crippen LogP contribution in [0.5, 0.6) is 11.5 Å². The van der Waals surface area contributed by atoms with E-state index in [2.05, 4.69) is 36.5 Å². The molecule has 0 atom stereocenters. The van der Waals surface area contributed by atoms with Crippen LogP contribution in [-0.2, 0) is 6.42 Å². The van der Waals surface area contributed by atoms with Crippen LogP contribution in [0.15, 0.2) is 47.6 Å². The third kappa shape index (κ3) is 6.43. The lowest BCUT2D eigenvalue weighted by atomic mass is 10.1. The fourth-order valence-electron chi connectivity index (χ4n) is 2.31. The number of benzene rings is 2. The van der Waals surface area contributed by atoms with E-state index in [1.807, 2.05) is 30.3 Å². The molecule has 0 bridgehead atoms. The fraction of sp³-hybridized carbons (Fsp3) is 0.263. The summed E-state index contributed by atoms with van der Waals surface area (Å²) >= 11 is 4.71. The summed E-state index contributed by atoms with van der Waals surface area (Å²) in [5.74, 6) is 1.59. The molecular formula is C19H23N3O2S. The Morgan fingerprint density at radius 2 is 1.96 bits per heavy atom. The van der Waals surface area contributed by atoms with Crippen LogP contribution in [0.25, 0.3) is 0 Å². The molecule has 0 aliphatic rings. The predicted molar refractivity (Wildman–Crippen MR) is 106 cm³/mol. The number of ether oxygens (including phenoxy) is 2. The van der Waals surface area contributed by atoms with Gasteiger partial charge in [-0.25, -0.2) is 0 Å². The number of nitrogens with one attached hydrogen (secondary N) is 1. The molecule has 0 aliphatic heterocycles. The third-order valence-electron chi connectivity index (χ3n) is 3.43. The van der Waals surface area contributed by atoms with Crippen LogP contribution >= 0.6 is 12.2 Å². The van der Waals surface area contributed by atoms with Gasteiger partial charge in [0.1, 0.15) is 24.7 Å². The maximum Gasteiger partial charge on any atom is 0.184 e. The molecule has 0 amide bonds. The molecule has 25 heavy (non-hydrogen) atoms. The van der Waals surface area contributed by atoms with Gasteiger partial charge in [0.2, 0.25) is 0 Å². The maximum atomic E-state index is 5.80. The number of para-hydroxylation sites is 1. The lowest BCUT2D eigenvalue weighted by Crippen LogP contribution is -2.24. The van der Waals surface area contributed by atoms with E-state index in [1.165, 1.54) is 11.1 Å². The molecule has 3 N–H and O–H groups in total. The topological polar surface area (TPSA) is 68.9 Å². The van der Waals surface area contributed by atoms with Gasteiger partial charge in [0.25, 0.3) is 0 Å². The van der Waals surface area contributed by atoms with Crippen LogP contribution in [0.1, 0.15) is 23.6 Å². The summed E-state index contributed by atoms with van der Waals surface area (Å²) in [7, 11) is 0. The van der Waals surface area contributed by atoms with Gasteiger partial charge < -0.3 is 15.2 Å². The quantitative estimate of drug-likeness (QED) is 0.329. The van der Waals surface area contributed by atoms with Gasteiger partial charge in [-0.2, -0.15) is 5.10 Å². The van der Waals surface area contributed by atoms with Crippen molar-refractivity contribution in [2.45, 2.75) is 20.3 Å². The highest BCUT2D eigenvalue weighted by Crippen LogP contribution is 2.18. The number of hydrazone groups is 1. The zero-order chi connectivity index (χ0) is 18.1. The van der Waals surface area contributed by atoms with E-state index in [0.717, 1.165) is 23.5 Å². The first-order valence-corrected chi connectivity index (χ1v) is 8.53. The number of nitrogens with zero attached hydrogens (tertiary/aromatic N) is 1. The fourth-order valence-corrected chi connectivity index (χ4v) is 2.36. The number of hydrogen-bond donors (Lipinski definition) is 2. The highest BCUT2D eigenvalue weighted by Gasteiger charge is 2.02. The minimum Gasteiger partial charge on any atom is -0.490 e. The molecule has 0 heterocycles. The Morgan fingerprint density at radius 1 is 1.20 bits per heavy atom. The number of hydrogen-bond acceptors (Lipinski definition) is 4. The summed E-state index contributed by atoms with van der Waals surface area (Å²) in [6, 6.07) is 13.8. The van der Waals surface area contributed by atoms with E-state index in [-0.39, 0.29) is 5.11 Å². The smallest absolute Gasteiger partial charge is 0.184 e. The molecule has 0 saturated carbocycles. The van der Waals surface area contributed by atoms with E-state index in [9.17, 15) is 0 Å². The second kappa shape index (κ2) is 9.64. The first kappa shape index (κ1) is 18.7. The highest BCUT2D eigenvalue weighted by molar-refractivity contribution is 7.80. The van der Waals surface area contributed by atoms with Gasteiger partial charge in [0, 0.05) is 5.56 Å². The van der Waals surface area contributed by atoms with Crippen molar-refractivity contribution in [2.24, 2.45) is 10.8 Å². The van der Waals surface area contributed by atoms with Crippen LogP contribution in [0, 0.1) is 6.92 Å². The second-order valence-corrected chi connectivity index (χ2v) is 5.92. The zero-order valence-corrected chi connectivity index (χ0v) is 15.3. The SMILES string of the molecule is CCc1cc(C)cc(OCCOc2ccccc2/C=N/NC(N)=S)c1. The Balaban J connectivity index is 1.89. The zero-order valence-electron chi connectivity index (χ0n) is 14.5. The van der Waals surface area contributed by atoms with Gasteiger partial charge in [-0.3, -0.25) is 5.43 Å². The van der Waals surface area contributed by atoms with Crippen molar-refractivity contribution in [3.05, 3.63) is 59.2 Å². The standard InChI is InChI=1S/C19H23N3O2S/c1-3-15-10-14(2)11-17(12-15)23-8-9-24-18-7-5-4-6-16(18)13-21-22-19(20)25/h4-7,10-13H,3,8-9H2,1-2H3,(H3,20,22,25)/b21-13+. The van der Waals surface area contributed by atoms with Gasteiger partial charge in [-0.05, 0) is 61.0 Å². The van der Waals surface area contributed by atoms with Crippen LogP contribution in [0.4, 0.5) is 0 Å². The summed E-state index contributed by atoms with van der Waals surface area (Å²) in [6.45, 7) is 5.09. The average Bonchev–Trinajstić information content (AvgIpc) is 2.59. The minimum atomic E-state index is 0.118. The Kier molecular flexibility index (Phi) is 7.22. The lowest BCUT2D eigenvalue weighted by molar-refractivity contribution is 0.217. The molecule has 0 aromatic heterocycles. The first-order chi connectivity index (χ1) is 12.1. The molecule has 132 valence electrons. The van der Waals surface area contributed by atoms with Gasteiger partial charge in [0.05, 0.1) is 6.21 Å². The Labute approximate surface area is 153 Å². The molecule has 0 saturated heterocycles. The summed E-state index contributed by atoms with van der Waals surface area (Å²) in [5, 5.41) is 4.07. The van der Waals surface area contributed by atoms with Crippen LogP contribution in [0.2, 0.25) is 0 Å². The van der Waals surface area contributed by atoms with E-state index < -0.39 is 0 Å². The monoisotopic (exact) mass is 357 g/mol. The molecule has 5 nitrogen and oxygen atoms in total. The van der Waals surface area contributed by atoms with Crippen molar-refractivity contribution in [3.63, 3.8) is 0 Å². The highest BCUT2D eigenvalue weighted by atomic mass is 32.1. The molecule has 2 aromatic carbocycles. The molecule has 6 heteroatoms.